The summed E-state index contributed by atoms with van der Waals surface area (Å²) in [4.78, 5) is 41.3. The largest absolute Gasteiger partial charge is 0.391 e. The van der Waals surface area contributed by atoms with Gasteiger partial charge in [-0.15, -0.1) is 11.3 Å². The summed E-state index contributed by atoms with van der Waals surface area (Å²) >= 11 is 1.71. The van der Waals surface area contributed by atoms with Gasteiger partial charge < -0.3 is 15.3 Å². The van der Waals surface area contributed by atoms with E-state index in [1.165, 1.54) is 20.9 Å². The molecule has 1 fully saturated rings. The second-order valence-corrected chi connectivity index (χ2v) is 11.2. The molecule has 6 nitrogen and oxygen atoms in total. The summed E-state index contributed by atoms with van der Waals surface area (Å²) in [5, 5.41) is 15.1. The van der Waals surface area contributed by atoms with Crippen molar-refractivity contribution in [1.29, 1.82) is 0 Å². The topological polar surface area (TPSA) is 86.7 Å². The highest BCUT2D eigenvalue weighted by molar-refractivity contribution is 7.13. The summed E-state index contributed by atoms with van der Waals surface area (Å²) in [5.41, 5.74) is 3.48. The highest BCUT2D eigenvalue weighted by Gasteiger charge is 2.40. The van der Waals surface area contributed by atoms with E-state index in [-0.39, 0.29) is 36.5 Å². The fourth-order valence-corrected chi connectivity index (χ4v) is 5.70. The predicted octanol–water partition coefficient (Wildman–Crippen LogP) is 4.37. The molecular weight excluding hydrogens is 460 g/mol. The predicted molar refractivity (Wildman–Crippen MR) is 140 cm³/mol. The molecule has 3 rings (SSSR count). The van der Waals surface area contributed by atoms with Crippen LogP contribution in [0.2, 0.25) is 0 Å². The molecule has 2 N–H and O–H groups in total. The van der Waals surface area contributed by atoms with Gasteiger partial charge in [0.25, 0.3) is 0 Å². The van der Waals surface area contributed by atoms with E-state index < -0.39 is 18.2 Å². The molecule has 7 heteroatoms. The number of aliphatic hydroxyl groups is 1. The van der Waals surface area contributed by atoms with Gasteiger partial charge >= 0.3 is 0 Å². The molecule has 0 spiro atoms. The number of carbonyl (C=O) groups is 3. The molecule has 4 atom stereocenters. The first-order chi connectivity index (χ1) is 16.6. The number of thiophene rings is 1. The number of amides is 2. The Hall–Kier alpha value is -2.51. The minimum absolute atomic E-state index is 0.0558. The molecule has 1 aromatic heterocycles. The van der Waals surface area contributed by atoms with Gasteiger partial charge in [0, 0.05) is 30.2 Å². The Morgan fingerprint density at radius 1 is 1.11 bits per heavy atom. The summed E-state index contributed by atoms with van der Waals surface area (Å²) in [5.74, 6) is -0.348. The van der Waals surface area contributed by atoms with Gasteiger partial charge in [-0.05, 0) is 60.7 Å². The molecular formula is C28H38N2O4S. The van der Waals surface area contributed by atoms with Gasteiger partial charge in [0.05, 0.1) is 12.1 Å². The van der Waals surface area contributed by atoms with Crippen LogP contribution in [-0.2, 0) is 20.8 Å². The second-order valence-electron chi connectivity index (χ2n) is 10.3. The van der Waals surface area contributed by atoms with E-state index in [4.69, 9.17) is 0 Å². The van der Waals surface area contributed by atoms with Crippen LogP contribution in [0.5, 0.6) is 0 Å². The van der Waals surface area contributed by atoms with E-state index in [9.17, 15) is 19.5 Å². The van der Waals surface area contributed by atoms with Crippen molar-refractivity contribution in [3.8, 4) is 10.4 Å². The van der Waals surface area contributed by atoms with Crippen LogP contribution in [0.15, 0.2) is 35.7 Å². The molecule has 2 heterocycles. The molecule has 0 aliphatic carbocycles. The van der Waals surface area contributed by atoms with E-state index in [0.29, 0.717) is 18.8 Å². The summed E-state index contributed by atoms with van der Waals surface area (Å²) < 4.78 is 0. The van der Waals surface area contributed by atoms with Crippen LogP contribution >= 0.6 is 11.3 Å². The number of Topliss-reactive ketones (excluding diaryl/α,β-unsaturated/α-hetero) is 1. The first kappa shape index (κ1) is 27.1. The lowest BCUT2D eigenvalue weighted by molar-refractivity contribution is -0.141. The lowest BCUT2D eigenvalue weighted by atomic mass is 9.98. The summed E-state index contributed by atoms with van der Waals surface area (Å²) in [6.07, 6.45) is 1.13. The molecule has 2 aromatic rings. The maximum Gasteiger partial charge on any atom is 0.245 e. The fourth-order valence-electron chi connectivity index (χ4n) is 4.77. The maximum absolute atomic E-state index is 13.1. The van der Waals surface area contributed by atoms with Crippen LogP contribution in [0.1, 0.15) is 58.1 Å². The van der Waals surface area contributed by atoms with Crippen LogP contribution in [0.3, 0.4) is 0 Å². The number of benzene rings is 1. The molecule has 1 aromatic carbocycles. The number of aryl methyl sites for hydroxylation is 2. The maximum atomic E-state index is 13.1. The van der Waals surface area contributed by atoms with Crippen molar-refractivity contribution in [2.45, 2.75) is 78.5 Å². The quantitative estimate of drug-likeness (QED) is 0.509. The van der Waals surface area contributed by atoms with Gasteiger partial charge in [-0.3, -0.25) is 14.4 Å². The molecule has 0 bridgehead atoms. The average molecular weight is 499 g/mol. The van der Waals surface area contributed by atoms with Crippen molar-refractivity contribution in [2.24, 2.45) is 11.8 Å². The van der Waals surface area contributed by atoms with Crippen molar-refractivity contribution < 1.29 is 19.5 Å². The van der Waals surface area contributed by atoms with Gasteiger partial charge in [0.2, 0.25) is 11.8 Å². The Balaban J connectivity index is 1.57. The molecule has 1 saturated heterocycles. The molecule has 2 amide bonds. The number of nitrogens with zero attached hydrogens (tertiary/aromatic N) is 1. The Bertz CT molecular complexity index is 1030. The number of hydrogen-bond donors (Lipinski definition) is 2. The monoisotopic (exact) mass is 498 g/mol. The summed E-state index contributed by atoms with van der Waals surface area (Å²) in [7, 11) is 0. The van der Waals surface area contributed by atoms with Gasteiger partial charge in [-0.1, -0.05) is 45.0 Å². The van der Waals surface area contributed by atoms with Crippen LogP contribution in [-0.4, -0.2) is 52.3 Å². The first-order valence-corrected chi connectivity index (χ1v) is 13.4. The van der Waals surface area contributed by atoms with Gasteiger partial charge in [-0.2, -0.15) is 0 Å². The Kier molecular flexibility index (Phi) is 9.25. The van der Waals surface area contributed by atoms with E-state index in [1.54, 1.807) is 18.3 Å². The Labute approximate surface area is 212 Å². The molecule has 0 radical (unpaired) electrons. The van der Waals surface area contributed by atoms with Gasteiger partial charge in [0.15, 0.2) is 5.78 Å². The molecule has 0 saturated carbocycles. The second kappa shape index (κ2) is 12.0. The van der Waals surface area contributed by atoms with Crippen molar-refractivity contribution in [2.75, 3.05) is 6.54 Å². The highest BCUT2D eigenvalue weighted by atomic mass is 32.1. The number of rotatable bonds is 10. The standard InChI is InChI=1S/C28H38N2O4S/c1-17(2)14-19(4)27(33)29-20(5)28(34)30-16-23(31)15-24(30)25(32)11-8-21-6-9-22(10-7-21)26-18(3)12-13-35-26/h6-7,9-10,12-13,17,19-20,23-24,31H,8,11,14-16H2,1-5H3,(H,29,33)/t19-,20-,23+,24-/m0/s1. The number of β-amino-alcohol motifs (C(OH)–C–C–N with tert-alkyl or cyclic N) is 1. The zero-order chi connectivity index (χ0) is 25.7. The number of aliphatic hydroxyl groups excluding tert-OH is 1. The van der Waals surface area contributed by atoms with E-state index in [0.717, 1.165) is 12.0 Å². The minimum Gasteiger partial charge on any atom is -0.391 e. The molecule has 1 aliphatic rings. The van der Waals surface area contributed by atoms with Crippen molar-refractivity contribution >= 4 is 28.9 Å². The highest BCUT2D eigenvalue weighted by Crippen LogP contribution is 2.29. The molecule has 35 heavy (non-hydrogen) atoms. The summed E-state index contributed by atoms with van der Waals surface area (Å²) in [6, 6.07) is 8.96. The van der Waals surface area contributed by atoms with Crippen molar-refractivity contribution in [3.05, 3.63) is 46.8 Å². The van der Waals surface area contributed by atoms with Crippen LogP contribution in [0, 0.1) is 18.8 Å². The third kappa shape index (κ3) is 7.01. The zero-order valence-corrected chi connectivity index (χ0v) is 22.2. The summed E-state index contributed by atoms with van der Waals surface area (Å²) in [6.45, 7) is 9.82. The third-order valence-electron chi connectivity index (χ3n) is 6.67. The lowest BCUT2D eigenvalue weighted by Crippen LogP contribution is -2.51. The smallest absolute Gasteiger partial charge is 0.245 e. The van der Waals surface area contributed by atoms with E-state index >= 15 is 0 Å². The van der Waals surface area contributed by atoms with Crippen LogP contribution in [0.4, 0.5) is 0 Å². The first-order valence-electron chi connectivity index (χ1n) is 12.5. The normalized spacial score (nSPS) is 19.6. The van der Waals surface area contributed by atoms with E-state index in [2.05, 4.69) is 49.7 Å². The number of hydrogen-bond acceptors (Lipinski definition) is 5. The molecule has 1 aliphatic heterocycles. The van der Waals surface area contributed by atoms with Crippen molar-refractivity contribution in [1.82, 2.24) is 10.2 Å². The number of ketones is 1. The van der Waals surface area contributed by atoms with Gasteiger partial charge in [-0.25, -0.2) is 0 Å². The fraction of sp³-hybridized carbons (Fsp3) is 0.536. The van der Waals surface area contributed by atoms with Crippen molar-refractivity contribution in [3.63, 3.8) is 0 Å². The van der Waals surface area contributed by atoms with E-state index in [1.807, 2.05) is 19.1 Å². The average Bonchev–Trinajstić information content (AvgIpc) is 3.42. The molecule has 0 unspecified atom stereocenters. The van der Waals surface area contributed by atoms with Crippen LogP contribution < -0.4 is 5.32 Å². The number of carbonyl (C=O) groups excluding carboxylic acids is 3. The Morgan fingerprint density at radius 2 is 1.80 bits per heavy atom. The Morgan fingerprint density at radius 3 is 2.40 bits per heavy atom. The molecule has 190 valence electrons. The SMILES string of the molecule is Cc1ccsc1-c1ccc(CCC(=O)[C@@H]2C[C@@H](O)CN2C(=O)[C@H](C)NC(=O)[C@@H](C)CC(C)C)cc1. The lowest BCUT2D eigenvalue weighted by Gasteiger charge is -2.27. The number of likely N-dealkylation sites (tertiary alicyclic amines) is 1. The van der Waals surface area contributed by atoms with Crippen LogP contribution in [0.25, 0.3) is 10.4 Å². The number of nitrogens with one attached hydrogen (secondary N) is 1. The van der Waals surface area contributed by atoms with Gasteiger partial charge in [0.1, 0.15) is 6.04 Å². The third-order valence-corrected chi connectivity index (χ3v) is 7.74. The zero-order valence-electron chi connectivity index (χ0n) is 21.4. The minimum atomic E-state index is -0.744.